The fraction of sp³-hybridized carbons (Fsp3) is 0.375. The van der Waals surface area contributed by atoms with Crippen LogP contribution in [0.2, 0.25) is 0 Å². The van der Waals surface area contributed by atoms with E-state index in [1.165, 1.54) is 0 Å². The van der Waals surface area contributed by atoms with Crippen LogP contribution in [0.1, 0.15) is 23.2 Å². The Bertz CT molecular complexity index is 591. The molecular formula is C16H20N4O. The minimum atomic E-state index is 0.113. The number of benzene rings is 1. The molecule has 1 amide bonds. The lowest BCUT2D eigenvalue weighted by atomic mass is 10.0. The molecule has 110 valence electrons. The molecule has 0 saturated carbocycles. The Morgan fingerprint density at radius 2 is 2.14 bits per heavy atom. The van der Waals surface area contributed by atoms with Crippen LogP contribution < -0.4 is 5.32 Å². The van der Waals surface area contributed by atoms with E-state index in [1.54, 1.807) is 10.9 Å². The molecule has 5 heteroatoms. The largest absolute Gasteiger partial charge is 0.337 e. The highest BCUT2D eigenvalue weighted by Gasteiger charge is 2.23. The molecule has 1 aliphatic heterocycles. The zero-order chi connectivity index (χ0) is 14.7. The first kappa shape index (κ1) is 13.8. The minimum Gasteiger partial charge on any atom is -0.337 e. The van der Waals surface area contributed by atoms with E-state index < -0.39 is 0 Å². The summed E-state index contributed by atoms with van der Waals surface area (Å²) < 4.78 is 1.78. The molecule has 1 aromatic heterocycles. The first-order chi connectivity index (χ1) is 10.3. The molecule has 0 aliphatic carbocycles. The molecule has 1 N–H and O–H groups in total. The molecule has 0 radical (unpaired) electrons. The molecule has 1 aromatic carbocycles. The molecule has 21 heavy (non-hydrogen) atoms. The summed E-state index contributed by atoms with van der Waals surface area (Å²) in [6.07, 6.45) is 5.82. The van der Waals surface area contributed by atoms with Gasteiger partial charge in [0.1, 0.15) is 0 Å². The van der Waals surface area contributed by atoms with Gasteiger partial charge in [-0.3, -0.25) is 4.79 Å². The standard InChI is InChI=1S/C16H20N4O/c1-17-14-4-2-10-19(12-14)16(21)13-5-7-15(8-6-13)20-11-3-9-18-20/h3,5-9,11,14,17H,2,4,10,12H2,1H3. The molecule has 1 unspecified atom stereocenters. The van der Waals surface area contributed by atoms with E-state index in [0.717, 1.165) is 37.2 Å². The van der Waals surface area contributed by atoms with Crippen molar-refractivity contribution in [2.75, 3.05) is 20.1 Å². The Balaban J connectivity index is 1.73. The number of likely N-dealkylation sites (N-methyl/N-ethyl adjacent to an activating group) is 1. The van der Waals surface area contributed by atoms with Gasteiger partial charge in [-0.1, -0.05) is 0 Å². The topological polar surface area (TPSA) is 50.2 Å². The van der Waals surface area contributed by atoms with Crippen LogP contribution in [0.3, 0.4) is 0 Å². The van der Waals surface area contributed by atoms with Crippen molar-refractivity contribution < 1.29 is 4.79 Å². The van der Waals surface area contributed by atoms with Crippen molar-refractivity contribution in [3.05, 3.63) is 48.3 Å². The van der Waals surface area contributed by atoms with Crippen LogP contribution in [0.5, 0.6) is 0 Å². The fourth-order valence-corrected chi connectivity index (χ4v) is 2.76. The van der Waals surface area contributed by atoms with Crippen LogP contribution in [0, 0.1) is 0 Å². The summed E-state index contributed by atoms with van der Waals surface area (Å²) in [5, 5.41) is 7.45. The first-order valence-corrected chi connectivity index (χ1v) is 7.34. The summed E-state index contributed by atoms with van der Waals surface area (Å²) in [5.41, 5.74) is 1.70. The van der Waals surface area contributed by atoms with E-state index in [4.69, 9.17) is 0 Å². The molecule has 1 fully saturated rings. The second-order valence-corrected chi connectivity index (χ2v) is 5.38. The van der Waals surface area contributed by atoms with Crippen LogP contribution in [-0.2, 0) is 0 Å². The highest BCUT2D eigenvalue weighted by atomic mass is 16.2. The quantitative estimate of drug-likeness (QED) is 0.933. The van der Waals surface area contributed by atoms with Gasteiger partial charge in [0.15, 0.2) is 0 Å². The van der Waals surface area contributed by atoms with Gasteiger partial charge in [0.05, 0.1) is 5.69 Å². The van der Waals surface area contributed by atoms with Gasteiger partial charge in [0.2, 0.25) is 0 Å². The van der Waals surface area contributed by atoms with Gasteiger partial charge in [0, 0.05) is 37.1 Å². The number of hydrogen-bond acceptors (Lipinski definition) is 3. The van der Waals surface area contributed by atoms with E-state index in [0.29, 0.717) is 6.04 Å². The van der Waals surface area contributed by atoms with Gasteiger partial charge in [-0.25, -0.2) is 4.68 Å². The monoisotopic (exact) mass is 284 g/mol. The fourth-order valence-electron chi connectivity index (χ4n) is 2.76. The van der Waals surface area contributed by atoms with Crippen molar-refractivity contribution in [3.63, 3.8) is 0 Å². The van der Waals surface area contributed by atoms with Crippen LogP contribution >= 0.6 is 0 Å². The molecule has 3 rings (SSSR count). The van der Waals surface area contributed by atoms with E-state index in [-0.39, 0.29) is 5.91 Å². The third kappa shape index (κ3) is 2.97. The summed E-state index contributed by atoms with van der Waals surface area (Å²) in [5.74, 6) is 0.113. The Morgan fingerprint density at radius 1 is 1.33 bits per heavy atom. The molecule has 1 atom stereocenters. The molecule has 1 aliphatic rings. The van der Waals surface area contributed by atoms with Crippen molar-refractivity contribution in [2.45, 2.75) is 18.9 Å². The van der Waals surface area contributed by atoms with Gasteiger partial charge in [-0.2, -0.15) is 5.10 Å². The normalized spacial score (nSPS) is 18.7. The molecule has 0 spiro atoms. The lowest BCUT2D eigenvalue weighted by molar-refractivity contribution is 0.0698. The predicted octanol–water partition coefficient (Wildman–Crippen LogP) is 1.70. The summed E-state index contributed by atoms with van der Waals surface area (Å²) >= 11 is 0. The zero-order valence-corrected chi connectivity index (χ0v) is 12.2. The molecule has 5 nitrogen and oxygen atoms in total. The number of carbonyl (C=O) groups is 1. The summed E-state index contributed by atoms with van der Waals surface area (Å²) in [6.45, 7) is 1.63. The number of amides is 1. The first-order valence-electron chi connectivity index (χ1n) is 7.34. The summed E-state index contributed by atoms with van der Waals surface area (Å²) in [4.78, 5) is 14.5. The van der Waals surface area contributed by atoms with Crippen molar-refractivity contribution in [1.82, 2.24) is 20.0 Å². The molecule has 2 heterocycles. The maximum absolute atomic E-state index is 12.5. The van der Waals surface area contributed by atoms with Crippen LogP contribution in [0.25, 0.3) is 5.69 Å². The van der Waals surface area contributed by atoms with E-state index in [1.807, 2.05) is 48.5 Å². The number of nitrogens with zero attached hydrogens (tertiary/aromatic N) is 3. The van der Waals surface area contributed by atoms with Gasteiger partial charge in [-0.15, -0.1) is 0 Å². The summed E-state index contributed by atoms with van der Waals surface area (Å²) in [6, 6.07) is 9.90. The SMILES string of the molecule is CNC1CCCN(C(=O)c2ccc(-n3cccn3)cc2)C1. The van der Waals surface area contributed by atoms with Crippen LogP contribution in [0.15, 0.2) is 42.7 Å². The smallest absolute Gasteiger partial charge is 0.253 e. The van der Waals surface area contributed by atoms with Crippen LogP contribution in [-0.4, -0.2) is 46.8 Å². The minimum absolute atomic E-state index is 0.113. The average Bonchev–Trinajstić information content (AvgIpc) is 3.09. The summed E-state index contributed by atoms with van der Waals surface area (Å²) in [7, 11) is 1.96. The van der Waals surface area contributed by atoms with Gasteiger partial charge >= 0.3 is 0 Å². The predicted molar refractivity (Wildman–Crippen MR) is 81.5 cm³/mol. The molecule has 0 bridgehead atoms. The van der Waals surface area contributed by atoms with Gasteiger partial charge < -0.3 is 10.2 Å². The number of rotatable bonds is 3. The van der Waals surface area contributed by atoms with E-state index in [2.05, 4.69) is 10.4 Å². The molecule has 2 aromatic rings. The van der Waals surface area contributed by atoms with Crippen LogP contribution in [0.4, 0.5) is 0 Å². The van der Waals surface area contributed by atoms with Crippen molar-refractivity contribution in [2.24, 2.45) is 0 Å². The average molecular weight is 284 g/mol. The molecular weight excluding hydrogens is 264 g/mol. The lowest BCUT2D eigenvalue weighted by Gasteiger charge is -2.32. The third-order valence-corrected chi connectivity index (χ3v) is 4.00. The highest BCUT2D eigenvalue weighted by molar-refractivity contribution is 5.94. The second kappa shape index (κ2) is 6.10. The van der Waals surface area contributed by atoms with Crippen molar-refractivity contribution >= 4 is 5.91 Å². The van der Waals surface area contributed by atoms with Crippen molar-refractivity contribution in [3.8, 4) is 5.69 Å². The van der Waals surface area contributed by atoms with Crippen molar-refractivity contribution in [1.29, 1.82) is 0 Å². The Hall–Kier alpha value is -2.14. The van der Waals surface area contributed by atoms with Gasteiger partial charge in [0.25, 0.3) is 5.91 Å². The number of nitrogens with one attached hydrogen (secondary N) is 1. The number of hydrogen-bond donors (Lipinski definition) is 1. The maximum Gasteiger partial charge on any atom is 0.253 e. The van der Waals surface area contributed by atoms with E-state index in [9.17, 15) is 4.79 Å². The Morgan fingerprint density at radius 3 is 2.81 bits per heavy atom. The molecule has 1 saturated heterocycles. The van der Waals surface area contributed by atoms with Gasteiger partial charge in [-0.05, 0) is 50.2 Å². The number of aromatic nitrogens is 2. The third-order valence-electron chi connectivity index (χ3n) is 4.00. The second-order valence-electron chi connectivity index (χ2n) is 5.38. The maximum atomic E-state index is 12.5. The number of likely N-dealkylation sites (tertiary alicyclic amines) is 1. The number of carbonyl (C=O) groups excluding carboxylic acids is 1. The Labute approximate surface area is 124 Å². The van der Waals surface area contributed by atoms with E-state index >= 15 is 0 Å². The lowest BCUT2D eigenvalue weighted by Crippen LogP contribution is -2.46. The number of piperidine rings is 1. The Kier molecular flexibility index (Phi) is 4.01. The highest BCUT2D eigenvalue weighted by Crippen LogP contribution is 2.15. The zero-order valence-electron chi connectivity index (χ0n) is 12.2.